The molecule has 0 spiro atoms. The van der Waals surface area contributed by atoms with Crippen LogP contribution in [0.4, 0.5) is 5.69 Å². The number of nitrogens with zero attached hydrogens (tertiary/aromatic N) is 3. The number of likely N-dealkylation sites (N-methyl/N-ethyl adjacent to an activating group) is 1. The maximum atomic E-state index is 13.2. The highest BCUT2D eigenvalue weighted by Crippen LogP contribution is 2.48. The highest BCUT2D eigenvalue weighted by atomic mass is 32.2. The third-order valence-corrected chi connectivity index (χ3v) is 7.00. The summed E-state index contributed by atoms with van der Waals surface area (Å²) in [5.74, 6) is -0.269. The first-order chi connectivity index (χ1) is 13.7. The quantitative estimate of drug-likeness (QED) is 0.392. The zero-order valence-corrected chi connectivity index (χ0v) is 17.3. The van der Waals surface area contributed by atoms with Crippen LogP contribution in [-0.2, 0) is 14.8 Å². The highest BCUT2D eigenvalue weighted by Gasteiger charge is 2.61. The number of nitro benzene ring substituents is 1. The summed E-state index contributed by atoms with van der Waals surface area (Å²) in [5.41, 5.74) is 1.39. The molecule has 1 aliphatic rings. The highest BCUT2D eigenvalue weighted by molar-refractivity contribution is 7.89. The first kappa shape index (κ1) is 20.9. The van der Waals surface area contributed by atoms with Crippen molar-refractivity contribution in [1.82, 2.24) is 9.21 Å². The van der Waals surface area contributed by atoms with Crippen LogP contribution < -0.4 is 0 Å². The second-order valence-electron chi connectivity index (χ2n) is 6.90. The Morgan fingerprint density at radius 3 is 2.10 bits per heavy atom. The minimum atomic E-state index is -3.90. The van der Waals surface area contributed by atoms with E-state index in [0.717, 1.165) is 5.56 Å². The molecule has 1 amide bonds. The molecule has 1 saturated heterocycles. The molecule has 3 atom stereocenters. The van der Waals surface area contributed by atoms with E-state index in [2.05, 4.69) is 0 Å². The van der Waals surface area contributed by atoms with Crippen molar-refractivity contribution in [3.63, 3.8) is 0 Å². The number of amides is 1. The first-order valence-corrected chi connectivity index (χ1v) is 10.8. The number of carbonyl (C=O) groups excluding carboxylic acids is 1. The Labute approximate surface area is 169 Å². The van der Waals surface area contributed by atoms with E-state index in [1.54, 1.807) is 17.0 Å². The molecule has 154 valence electrons. The first-order valence-electron chi connectivity index (χ1n) is 9.35. The molecule has 9 heteroatoms. The molecule has 2 aromatic rings. The Bertz CT molecular complexity index is 1020. The van der Waals surface area contributed by atoms with Gasteiger partial charge < -0.3 is 4.90 Å². The predicted octanol–water partition coefficient (Wildman–Crippen LogP) is 2.89. The number of aryl methyl sites for hydroxylation is 1. The van der Waals surface area contributed by atoms with Crippen molar-refractivity contribution in [3.05, 3.63) is 69.8 Å². The largest absolute Gasteiger partial charge is 0.342 e. The molecule has 3 rings (SSSR count). The van der Waals surface area contributed by atoms with Crippen LogP contribution >= 0.6 is 0 Å². The van der Waals surface area contributed by atoms with E-state index >= 15 is 0 Å². The fourth-order valence-electron chi connectivity index (χ4n) is 3.43. The van der Waals surface area contributed by atoms with Crippen LogP contribution in [-0.4, -0.2) is 47.6 Å². The minimum Gasteiger partial charge on any atom is -0.342 e. The van der Waals surface area contributed by atoms with Gasteiger partial charge in [0.25, 0.3) is 5.69 Å². The number of hydrogen-bond acceptors (Lipinski definition) is 5. The molecule has 0 radical (unpaired) electrons. The molecule has 1 fully saturated rings. The zero-order chi connectivity index (χ0) is 21.3. The third-order valence-electron chi connectivity index (χ3n) is 5.13. The summed E-state index contributed by atoms with van der Waals surface area (Å²) >= 11 is 0. The van der Waals surface area contributed by atoms with Gasteiger partial charge >= 0.3 is 0 Å². The second-order valence-corrected chi connectivity index (χ2v) is 8.74. The molecule has 0 saturated carbocycles. The van der Waals surface area contributed by atoms with Crippen LogP contribution in [0.3, 0.4) is 0 Å². The van der Waals surface area contributed by atoms with E-state index in [1.807, 2.05) is 20.8 Å². The lowest BCUT2D eigenvalue weighted by molar-refractivity contribution is -0.384. The second kappa shape index (κ2) is 7.92. The van der Waals surface area contributed by atoms with Crippen LogP contribution in [0, 0.1) is 17.0 Å². The predicted molar refractivity (Wildman–Crippen MR) is 108 cm³/mol. The van der Waals surface area contributed by atoms with Crippen molar-refractivity contribution in [1.29, 1.82) is 0 Å². The van der Waals surface area contributed by atoms with Gasteiger partial charge in [0.15, 0.2) is 0 Å². The lowest BCUT2D eigenvalue weighted by Crippen LogP contribution is -2.36. The molecule has 2 aromatic carbocycles. The van der Waals surface area contributed by atoms with Crippen molar-refractivity contribution in [3.8, 4) is 0 Å². The molecule has 1 heterocycles. The number of hydrogen-bond donors (Lipinski definition) is 0. The molecule has 0 N–H and O–H groups in total. The van der Waals surface area contributed by atoms with E-state index < -0.39 is 27.0 Å². The maximum absolute atomic E-state index is 13.2. The molecule has 8 nitrogen and oxygen atoms in total. The Kier molecular flexibility index (Phi) is 5.72. The van der Waals surface area contributed by atoms with Gasteiger partial charge in [-0.05, 0) is 38.5 Å². The van der Waals surface area contributed by atoms with Crippen LogP contribution in [0.5, 0.6) is 0 Å². The molecule has 29 heavy (non-hydrogen) atoms. The van der Waals surface area contributed by atoms with E-state index in [0.29, 0.717) is 18.7 Å². The van der Waals surface area contributed by atoms with E-state index in [4.69, 9.17) is 0 Å². The van der Waals surface area contributed by atoms with Crippen LogP contribution in [0.2, 0.25) is 0 Å². The fraction of sp³-hybridized carbons (Fsp3) is 0.350. The van der Waals surface area contributed by atoms with Gasteiger partial charge in [-0.3, -0.25) is 14.9 Å². The van der Waals surface area contributed by atoms with Gasteiger partial charge in [-0.2, -0.15) is 4.31 Å². The molecule has 0 aliphatic carbocycles. The summed E-state index contributed by atoms with van der Waals surface area (Å²) in [5, 5.41) is 10.9. The van der Waals surface area contributed by atoms with Crippen LogP contribution in [0.25, 0.3) is 0 Å². The number of nitro groups is 1. The Morgan fingerprint density at radius 2 is 1.62 bits per heavy atom. The summed E-state index contributed by atoms with van der Waals surface area (Å²) in [6.45, 7) is 6.47. The van der Waals surface area contributed by atoms with Crippen LogP contribution in [0.1, 0.15) is 31.0 Å². The fourth-order valence-corrected chi connectivity index (χ4v) is 5.14. The average molecular weight is 417 g/mol. The summed E-state index contributed by atoms with van der Waals surface area (Å²) in [6, 6.07) is 10.6. The van der Waals surface area contributed by atoms with Gasteiger partial charge in [0, 0.05) is 25.2 Å². The number of benzene rings is 2. The maximum Gasteiger partial charge on any atom is 0.269 e. The lowest BCUT2D eigenvalue weighted by Gasteiger charge is -2.18. The lowest BCUT2D eigenvalue weighted by atomic mass is 10.1. The van der Waals surface area contributed by atoms with Gasteiger partial charge in [0.1, 0.15) is 6.04 Å². The van der Waals surface area contributed by atoms with Crippen molar-refractivity contribution >= 4 is 21.6 Å². The van der Waals surface area contributed by atoms with Gasteiger partial charge in [-0.25, -0.2) is 8.42 Å². The summed E-state index contributed by atoms with van der Waals surface area (Å²) in [7, 11) is -3.90. The summed E-state index contributed by atoms with van der Waals surface area (Å²) in [4.78, 5) is 25.1. The van der Waals surface area contributed by atoms with Gasteiger partial charge in [-0.15, -0.1) is 0 Å². The monoisotopic (exact) mass is 417 g/mol. The van der Waals surface area contributed by atoms with Crippen LogP contribution in [0.15, 0.2) is 53.4 Å². The van der Waals surface area contributed by atoms with Crippen molar-refractivity contribution < 1.29 is 18.1 Å². The number of carbonyl (C=O) groups is 1. The van der Waals surface area contributed by atoms with Gasteiger partial charge in [0.05, 0.1) is 15.9 Å². The third kappa shape index (κ3) is 3.88. The van der Waals surface area contributed by atoms with E-state index in [-0.39, 0.29) is 16.5 Å². The normalized spacial score (nSPS) is 20.9. The van der Waals surface area contributed by atoms with Gasteiger partial charge in [-0.1, -0.05) is 29.8 Å². The van der Waals surface area contributed by atoms with Gasteiger partial charge in [0.2, 0.25) is 15.9 Å². The minimum absolute atomic E-state index is 0.0889. The number of rotatable bonds is 7. The molecule has 1 aliphatic heterocycles. The number of sulfonamides is 1. The Morgan fingerprint density at radius 1 is 1.07 bits per heavy atom. The average Bonchev–Trinajstić information content (AvgIpc) is 3.46. The molecular formula is C20H23N3O5S. The molecule has 0 bridgehead atoms. The summed E-state index contributed by atoms with van der Waals surface area (Å²) in [6.07, 6.45) is 0. The topological polar surface area (TPSA) is 101 Å². The molecule has 0 aromatic heterocycles. The van der Waals surface area contributed by atoms with Crippen molar-refractivity contribution in [2.45, 2.75) is 37.8 Å². The van der Waals surface area contributed by atoms with E-state index in [1.165, 1.54) is 40.7 Å². The van der Waals surface area contributed by atoms with Crippen molar-refractivity contribution in [2.75, 3.05) is 13.1 Å². The smallest absolute Gasteiger partial charge is 0.269 e. The molecular weight excluding hydrogens is 394 g/mol. The van der Waals surface area contributed by atoms with E-state index in [9.17, 15) is 23.3 Å². The zero-order valence-electron chi connectivity index (χ0n) is 16.5. The number of non-ortho nitro benzene ring substituents is 1. The standard InChI is InChI=1S/C20H23N3O5S/c1-4-21(5-2)20(24)19-18(15-8-10-16(11-9-15)23(25)26)22(19)29(27,28)17-12-6-14(3)7-13-17/h6-13,18-19H,4-5H2,1-3H3/t18-,19-,22?/m0/s1. The molecule has 1 unspecified atom stereocenters. The summed E-state index contributed by atoms with van der Waals surface area (Å²) < 4.78 is 27.6. The van der Waals surface area contributed by atoms with Crippen molar-refractivity contribution in [2.24, 2.45) is 0 Å². The SMILES string of the molecule is CCN(CC)C(=O)[C@@H]1[C@H](c2ccc([N+](=O)[O-])cc2)N1S(=O)(=O)c1ccc(C)cc1. The Balaban J connectivity index is 2.00. The Hall–Kier alpha value is -2.78.